The van der Waals surface area contributed by atoms with E-state index in [9.17, 15) is 13.5 Å². The number of aliphatic hydroxyl groups is 1. The second-order valence-electron chi connectivity index (χ2n) is 6.17. The molecule has 1 aliphatic carbocycles. The molecular formula is C14H22N2O3S. The lowest BCUT2D eigenvalue weighted by Crippen LogP contribution is -2.61. The fraction of sp³-hybridized carbons (Fsp3) is 0.571. The minimum absolute atomic E-state index is 0.245. The molecule has 1 saturated carbocycles. The maximum absolute atomic E-state index is 12.6. The Hall–Kier alpha value is -1.11. The van der Waals surface area contributed by atoms with Crippen LogP contribution in [0.1, 0.15) is 31.4 Å². The van der Waals surface area contributed by atoms with E-state index in [1.165, 1.54) is 0 Å². The molecule has 2 rings (SSSR count). The van der Waals surface area contributed by atoms with Gasteiger partial charge in [-0.3, -0.25) is 0 Å². The topological polar surface area (TPSA) is 92.4 Å². The monoisotopic (exact) mass is 298 g/mol. The highest BCUT2D eigenvalue weighted by Crippen LogP contribution is 2.41. The Morgan fingerprint density at radius 1 is 1.35 bits per heavy atom. The Bertz CT molecular complexity index is 638. The molecule has 0 heterocycles. The van der Waals surface area contributed by atoms with Gasteiger partial charge in [0.05, 0.1) is 11.0 Å². The highest BCUT2D eigenvalue weighted by molar-refractivity contribution is 7.89. The van der Waals surface area contributed by atoms with E-state index in [-0.39, 0.29) is 10.9 Å². The summed E-state index contributed by atoms with van der Waals surface area (Å²) in [6.45, 7) is 7.17. The van der Waals surface area contributed by atoms with Gasteiger partial charge in [-0.05, 0) is 37.5 Å². The zero-order valence-corrected chi connectivity index (χ0v) is 13.1. The van der Waals surface area contributed by atoms with Crippen LogP contribution in [-0.4, -0.2) is 25.7 Å². The van der Waals surface area contributed by atoms with E-state index in [0.717, 1.165) is 0 Å². The Kier molecular flexibility index (Phi) is 3.60. The highest BCUT2D eigenvalue weighted by atomic mass is 32.2. The number of sulfonamides is 1. The molecule has 0 spiro atoms. The number of benzene rings is 1. The van der Waals surface area contributed by atoms with E-state index in [0.29, 0.717) is 23.2 Å². The summed E-state index contributed by atoms with van der Waals surface area (Å²) >= 11 is 0. The first kappa shape index (κ1) is 15.3. The summed E-state index contributed by atoms with van der Waals surface area (Å²) < 4.78 is 27.8. The van der Waals surface area contributed by atoms with Gasteiger partial charge in [-0.25, -0.2) is 13.1 Å². The molecule has 1 fully saturated rings. The summed E-state index contributed by atoms with van der Waals surface area (Å²) in [6.07, 6.45) is -0.0367. The number of hydrogen-bond donors (Lipinski definition) is 3. The average Bonchev–Trinajstić information content (AvgIpc) is 2.33. The van der Waals surface area contributed by atoms with Crippen LogP contribution >= 0.6 is 0 Å². The Labute approximate surface area is 120 Å². The van der Waals surface area contributed by atoms with Crippen LogP contribution in [-0.2, 0) is 10.0 Å². The van der Waals surface area contributed by atoms with Crippen molar-refractivity contribution in [1.29, 1.82) is 0 Å². The molecule has 2 unspecified atom stereocenters. The van der Waals surface area contributed by atoms with Gasteiger partial charge in [0.1, 0.15) is 0 Å². The molecule has 0 bridgehead atoms. The van der Waals surface area contributed by atoms with Crippen molar-refractivity contribution in [3.05, 3.63) is 23.3 Å². The number of hydrogen-bond acceptors (Lipinski definition) is 4. The molecule has 1 aromatic rings. The summed E-state index contributed by atoms with van der Waals surface area (Å²) in [7, 11) is -3.64. The minimum Gasteiger partial charge on any atom is -0.398 e. The number of aliphatic hydroxyl groups excluding tert-OH is 1. The van der Waals surface area contributed by atoms with Crippen LogP contribution in [0.4, 0.5) is 5.69 Å². The highest BCUT2D eigenvalue weighted by Gasteiger charge is 2.49. The van der Waals surface area contributed by atoms with Crippen molar-refractivity contribution in [1.82, 2.24) is 4.72 Å². The molecule has 0 aromatic heterocycles. The third-order valence-corrected chi connectivity index (χ3v) is 6.19. The number of anilines is 1. The van der Waals surface area contributed by atoms with Crippen LogP contribution in [0.5, 0.6) is 0 Å². The lowest BCUT2D eigenvalue weighted by molar-refractivity contribution is -0.0645. The van der Waals surface area contributed by atoms with Crippen molar-refractivity contribution in [3.63, 3.8) is 0 Å². The largest absolute Gasteiger partial charge is 0.398 e. The van der Waals surface area contributed by atoms with E-state index >= 15 is 0 Å². The summed E-state index contributed by atoms with van der Waals surface area (Å²) in [5.74, 6) is 0. The molecule has 20 heavy (non-hydrogen) atoms. The maximum Gasteiger partial charge on any atom is 0.241 e. The van der Waals surface area contributed by atoms with Crippen molar-refractivity contribution in [2.24, 2.45) is 5.41 Å². The van der Waals surface area contributed by atoms with Crippen LogP contribution in [0.2, 0.25) is 0 Å². The molecule has 112 valence electrons. The fourth-order valence-electron chi connectivity index (χ4n) is 2.60. The van der Waals surface area contributed by atoms with Gasteiger partial charge in [0.25, 0.3) is 0 Å². The zero-order valence-electron chi connectivity index (χ0n) is 12.3. The minimum atomic E-state index is -3.64. The SMILES string of the molecule is Cc1ccc(N)c(C)c1S(=O)(=O)NC1CC(O)C1(C)C. The summed E-state index contributed by atoms with van der Waals surface area (Å²) in [4.78, 5) is 0.245. The lowest BCUT2D eigenvalue weighted by Gasteiger charge is -2.49. The Morgan fingerprint density at radius 2 is 1.95 bits per heavy atom. The second-order valence-corrected chi connectivity index (χ2v) is 7.82. The average molecular weight is 298 g/mol. The number of nitrogens with two attached hydrogens (primary N) is 1. The molecule has 1 aliphatic rings. The molecule has 2 atom stereocenters. The molecule has 4 N–H and O–H groups in total. The van der Waals surface area contributed by atoms with E-state index in [4.69, 9.17) is 5.73 Å². The smallest absolute Gasteiger partial charge is 0.241 e. The quantitative estimate of drug-likeness (QED) is 0.734. The van der Waals surface area contributed by atoms with Crippen LogP contribution in [0.15, 0.2) is 17.0 Å². The summed E-state index contributed by atoms with van der Waals surface area (Å²) in [5, 5.41) is 9.71. The molecule has 0 saturated heterocycles. The second kappa shape index (κ2) is 4.72. The van der Waals surface area contributed by atoms with E-state index in [1.807, 2.05) is 13.8 Å². The van der Waals surface area contributed by atoms with Gasteiger partial charge >= 0.3 is 0 Å². The number of nitrogen functional groups attached to an aromatic ring is 1. The van der Waals surface area contributed by atoms with Crippen LogP contribution < -0.4 is 10.5 Å². The van der Waals surface area contributed by atoms with Crippen LogP contribution in [0.3, 0.4) is 0 Å². The van der Waals surface area contributed by atoms with E-state index in [2.05, 4.69) is 4.72 Å². The number of aryl methyl sites for hydroxylation is 1. The van der Waals surface area contributed by atoms with Crippen molar-refractivity contribution in [2.75, 3.05) is 5.73 Å². The van der Waals surface area contributed by atoms with E-state index in [1.54, 1.807) is 26.0 Å². The first-order valence-corrected chi connectivity index (χ1v) is 8.11. The summed E-state index contributed by atoms with van der Waals surface area (Å²) in [6, 6.07) is 3.15. The fourth-order valence-corrected chi connectivity index (χ4v) is 4.51. The third-order valence-electron chi connectivity index (χ3n) is 4.43. The van der Waals surface area contributed by atoms with Gasteiger partial charge in [0, 0.05) is 17.1 Å². The molecule has 5 nitrogen and oxygen atoms in total. The van der Waals surface area contributed by atoms with Crippen LogP contribution in [0, 0.1) is 19.3 Å². The van der Waals surface area contributed by atoms with Gasteiger partial charge in [-0.1, -0.05) is 19.9 Å². The molecule has 0 aliphatic heterocycles. The number of rotatable bonds is 3. The van der Waals surface area contributed by atoms with Gasteiger partial charge in [-0.2, -0.15) is 0 Å². The molecular weight excluding hydrogens is 276 g/mol. The maximum atomic E-state index is 12.6. The number of nitrogens with one attached hydrogen (secondary N) is 1. The van der Waals surface area contributed by atoms with Gasteiger partial charge in [-0.15, -0.1) is 0 Å². The predicted molar refractivity (Wildman–Crippen MR) is 78.8 cm³/mol. The van der Waals surface area contributed by atoms with Crippen LogP contribution in [0.25, 0.3) is 0 Å². The predicted octanol–water partition coefficient (Wildman–Crippen LogP) is 1.32. The van der Waals surface area contributed by atoms with Gasteiger partial charge in [0.2, 0.25) is 10.0 Å². The van der Waals surface area contributed by atoms with Gasteiger partial charge < -0.3 is 10.8 Å². The molecule has 0 radical (unpaired) electrons. The Balaban J connectivity index is 2.36. The van der Waals surface area contributed by atoms with Crippen molar-refractivity contribution in [2.45, 2.75) is 51.2 Å². The lowest BCUT2D eigenvalue weighted by atomic mass is 9.65. The standard InChI is InChI=1S/C14H22N2O3S/c1-8-5-6-10(15)9(2)13(8)20(18,19)16-11-7-12(17)14(11,3)4/h5-6,11-12,16-17H,7,15H2,1-4H3. The first-order valence-electron chi connectivity index (χ1n) is 6.63. The normalized spacial score (nSPS) is 25.2. The molecule has 6 heteroatoms. The van der Waals surface area contributed by atoms with Crippen molar-refractivity contribution in [3.8, 4) is 0 Å². The first-order chi connectivity index (χ1) is 9.07. The van der Waals surface area contributed by atoms with Crippen molar-refractivity contribution < 1.29 is 13.5 Å². The van der Waals surface area contributed by atoms with Gasteiger partial charge in [0.15, 0.2) is 0 Å². The van der Waals surface area contributed by atoms with Crippen molar-refractivity contribution >= 4 is 15.7 Å². The summed E-state index contributed by atoms with van der Waals surface area (Å²) in [5.41, 5.74) is 7.05. The Morgan fingerprint density at radius 3 is 2.45 bits per heavy atom. The van der Waals surface area contributed by atoms with E-state index < -0.39 is 21.5 Å². The molecule has 1 aromatic carbocycles. The third kappa shape index (κ3) is 2.32. The zero-order chi connectivity index (χ0) is 15.3. The molecule has 0 amide bonds.